The second kappa shape index (κ2) is 6.62. The predicted octanol–water partition coefficient (Wildman–Crippen LogP) is 0.280. The smallest absolute Gasteiger partial charge is 0.271 e. The number of carbonyl (C=O) groups is 2. The molecule has 0 unspecified atom stereocenters. The number of nitrogens with zero attached hydrogens (tertiary/aromatic N) is 2. The Morgan fingerprint density at radius 1 is 1.43 bits per heavy atom. The highest BCUT2D eigenvalue weighted by Crippen LogP contribution is 2.23. The molecule has 0 bridgehead atoms. The molecule has 7 heteroatoms. The molecule has 1 aromatic heterocycles. The zero-order chi connectivity index (χ0) is 15.3. The van der Waals surface area contributed by atoms with Crippen molar-refractivity contribution in [1.29, 1.82) is 0 Å². The van der Waals surface area contributed by atoms with Gasteiger partial charge in [0, 0.05) is 25.0 Å². The highest BCUT2D eigenvalue weighted by Gasteiger charge is 2.29. The van der Waals surface area contributed by atoms with E-state index in [0.29, 0.717) is 6.61 Å². The lowest BCUT2D eigenvalue weighted by atomic mass is 9.94. The number of hydrogen-bond donors (Lipinski definition) is 2. The SMILES string of the molecule is CC1(C)C[C@@H](NC(=O)CNC(=O)c2cnccn2)CCO1. The van der Waals surface area contributed by atoms with E-state index in [4.69, 9.17) is 4.74 Å². The molecule has 1 aliphatic heterocycles. The van der Waals surface area contributed by atoms with Crippen LogP contribution >= 0.6 is 0 Å². The summed E-state index contributed by atoms with van der Waals surface area (Å²) in [5.74, 6) is -0.625. The van der Waals surface area contributed by atoms with Crippen LogP contribution in [0.5, 0.6) is 0 Å². The second-order valence-corrected chi connectivity index (χ2v) is 5.64. The Hall–Kier alpha value is -2.02. The molecular formula is C14H20N4O3. The molecule has 21 heavy (non-hydrogen) atoms. The van der Waals surface area contributed by atoms with Gasteiger partial charge in [-0.15, -0.1) is 0 Å². The van der Waals surface area contributed by atoms with E-state index >= 15 is 0 Å². The van der Waals surface area contributed by atoms with Crippen LogP contribution in [0.25, 0.3) is 0 Å². The summed E-state index contributed by atoms with van der Waals surface area (Å²) in [5, 5.41) is 5.44. The minimum atomic E-state index is -0.412. The Bertz CT molecular complexity index is 504. The summed E-state index contributed by atoms with van der Waals surface area (Å²) in [6, 6.07) is 0.0784. The Morgan fingerprint density at radius 2 is 2.24 bits per heavy atom. The van der Waals surface area contributed by atoms with Gasteiger partial charge in [0.05, 0.1) is 18.3 Å². The third kappa shape index (κ3) is 4.78. The normalized spacial score (nSPS) is 20.6. The maximum atomic E-state index is 11.9. The van der Waals surface area contributed by atoms with Gasteiger partial charge in [0.25, 0.3) is 5.91 Å². The molecule has 2 N–H and O–H groups in total. The molecule has 2 heterocycles. The van der Waals surface area contributed by atoms with E-state index in [2.05, 4.69) is 20.6 Å². The fourth-order valence-corrected chi connectivity index (χ4v) is 2.30. The van der Waals surface area contributed by atoms with Gasteiger partial charge in [0.1, 0.15) is 5.69 Å². The first-order valence-electron chi connectivity index (χ1n) is 6.94. The van der Waals surface area contributed by atoms with Crippen molar-refractivity contribution >= 4 is 11.8 Å². The summed E-state index contributed by atoms with van der Waals surface area (Å²) in [5.41, 5.74) is -0.0310. The molecule has 1 saturated heterocycles. The molecular weight excluding hydrogens is 272 g/mol. The zero-order valence-corrected chi connectivity index (χ0v) is 12.3. The zero-order valence-electron chi connectivity index (χ0n) is 12.3. The van der Waals surface area contributed by atoms with Gasteiger partial charge >= 0.3 is 0 Å². The molecule has 0 spiro atoms. The van der Waals surface area contributed by atoms with Crippen LogP contribution in [0.15, 0.2) is 18.6 Å². The molecule has 2 amide bonds. The molecule has 0 saturated carbocycles. The summed E-state index contributed by atoms with van der Waals surface area (Å²) >= 11 is 0. The number of rotatable bonds is 4. The number of nitrogens with one attached hydrogen (secondary N) is 2. The van der Waals surface area contributed by atoms with Gasteiger partial charge in [-0.05, 0) is 26.7 Å². The van der Waals surface area contributed by atoms with E-state index in [9.17, 15) is 9.59 Å². The highest BCUT2D eigenvalue weighted by atomic mass is 16.5. The first kappa shape index (κ1) is 15.4. The van der Waals surface area contributed by atoms with Crippen molar-refractivity contribution in [2.45, 2.75) is 38.3 Å². The van der Waals surface area contributed by atoms with E-state index < -0.39 is 5.91 Å². The molecule has 114 valence electrons. The summed E-state index contributed by atoms with van der Waals surface area (Å²) in [7, 11) is 0. The summed E-state index contributed by atoms with van der Waals surface area (Å²) < 4.78 is 5.60. The molecule has 1 atom stereocenters. The van der Waals surface area contributed by atoms with Crippen LogP contribution in [0.4, 0.5) is 0 Å². The largest absolute Gasteiger partial charge is 0.375 e. The van der Waals surface area contributed by atoms with Gasteiger partial charge in [-0.2, -0.15) is 0 Å². The lowest BCUT2D eigenvalue weighted by molar-refractivity contribution is -0.123. The van der Waals surface area contributed by atoms with Gasteiger partial charge in [0.15, 0.2) is 0 Å². The van der Waals surface area contributed by atoms with Crippen molar-refractivity contribution in [3.63, 3.8) is 0 Å². The van der Waals surface area contributed by atoms with Gasteiger partial charge in [0.2, 0.25) is 5.91 Å². The van der Waals surface area contributed by atoms with Crippen molar-refractivity contribution in [3.8, 4) is 0 Å². The predicted molar refractivity (Wildman–Crippen MR) is 75.6 cm³/mol. The van der Waals surface area contributed by atoms with E-state index in [1.165, 1.54) is 18.6 Å². The molecule has 7 nitrogen and oxygen atoms in total. The number of aromatic nitrogens is 2. The molecule has 0 radical (unpaired) electrons. The summed E-state index contributed by atoms with van der Waals surface area (Å²) in [4.78, 5) is 31.3. The first-order valence-corrected chi connectivity index (χ1v) is 6.94. The fourth-order valence-electron chi connectivity index (χ4n) is 2.30. The van der Waals surface area contributed by atoms with Crippen LogP contribution in [0.3, 0.4) is 0 Å². The van der Waals surface area contributed by atoms with Crippen molar-refractivity contribution < 1.29 is 14.3 Å². The Morgan fingerprint density at radius 3 is 2.90 bits per heavy atom. The Kier molecular flexibility index (Phi) is 4.85. The van der Waals surface area contributed by atoms with Crippen LogP contribution in [0, 0.1) is 0 Å². The molecule has 1 fully saturated rings. The number of carbonyl (C=O) groups excluding carboxylic acids is 2. The van der Waals surface area contributed by atoms with Crippen molar-refractivity contribution in [2.24, 2.45) is 0 Å². The van der Waals surface area contributed by atoms with Crippen LogP contribution in [-0.2, 0) is 9.53 Å². The third-order valence-corrected chi connectivity index (χ3v) is 3.27. The van der Waals surface area contributed by atoms with Crippen molar-refractivity contribution in [1.82, 2.24) is 20.6 Å². The lowest BCUT2D eigenvalue weighted by Crippen LogP contribution is -2.48. The fraction of sp³-hybridized carbons (Fsp3) is 0.571. The van der Waals surface area contributed by atoms with E-state index in [-0.39, 0.29) is 29.8 Å². The maximum absolute atomic E-state index is 11.9. The van der Waals surface area contributed by atoms with Crippen LogP contribution < -0.4 is 10.6 Å². The van der Waals surface area contributed by atoms with E-state index in [1.54, 1.807) is 0 Å². The number of amides is 2. The van der Waals surface area contributed by atoms with Crippen LogP contribution in [-0.4, -0.2) is 46.6 Å². The summed E-state index contributed by atoms with van der Waals surface area (Å²) in [6.07, 6.45) is 5.81. The molecule has 2 rings (SSSR count). The topological polar surface area (TPSA) is 93.2 Å². The minimum Gasteiger partial charge on any atom is -0.375 e. The average molecular weight is 292 g/mol. The monoisotopic (exact) mass is 292 g/mol. The van der Waals surface area contributed by atoms with Crippen molar-refractivity contribution in [2.75, 3.05) is 13.2 Å². The minimum absolute atomic E-state index is 0.0762. The first-order chi connectivity index (χ1) is 9.96. The van der Waals surface area contributed by atoms with Gasteiger partial charge in [-0.1, -0.05) is 0 Å². The standard InChI is InChI=1S/C14H20N4O3/c1-14(2)7-10(3-6-21-14)18-12(19)9-17-13(20)11-8-15-4-5-16-11/h4-5,8,10H,3,6-7,9H2,1-2H3,(H,17,20)(H,18,19)/t10-/m0/s1. The van der Waals surface area contributed by atoms with Gasteiger partial charge in [-0.3, -0.25) is 14.6 Å². The van der Waals surface area contributed by atoms with Crippen molar-refractivity contribution in [3.05, 3.63) is 24.3 Å². The van der Waals surface area contributed by atoms with Gasteiger partial charge in [-0.25, -0.2) is 4.98 Å². The molecule has 0 aliphatic carbocycles. The van der Waals surface area contributed by atoms with E-state index in [0.717, 1.165) is 12.8 Å². The quantitative estimate of drug-likeness (QED) is 0.831. The average Bonchev–Trinajstić information content (AvgIpc) is 2.44. The second-order valence-electron chi connectivity index (χ2n) is 5.64. The highest BCUT2D eigenvalue weighted by molar-refractivity contribution is 5.94. The summed E-state index contributed by atoms with van der Waals surface area (Å²) in [6.45, 7) is 4.55. The van der Waals surface area contributed by atoms with E-state index in [1.807, 2.05) is 13.8 Å². The lowest BCUT2D eigenvalue weighted by Gasteiger charge is -2.35. The molecule has 1 aliphatic rings. The van der Waals surface area contributed by atoms with Gasteiger partial charge < -0.3 is 15.4 Å². The van der Waals surface area contributed by atoms with Crippen LogP contribution in [0.2, 0.25) is 0 Å². The Labute approximate surface area is 123 Å². The Balaban J connectivity index is 1.76. The third-order valence-electron chi connectivity index (χ3n) is 3.27. The molecule has 0 aromatic carbocycles. The number of ether oxygens (including phenoxy) is 1. The molecule has 1 aromatic rings. The number of hydrogen-bond acceptors (Lipinski definition) is 5. The van der Waals surface area contributed by atoms with Crippen LogP contribution in [0.1, 0.15) is 37.2 Å². The maximum Gasteiger partial charge on any atom is 0.271 e.